The van der Waals surface area contributed by atoms with Gasteiger partial charge in [0.15, 0.2) is 5.82 Å². The van der Waals surface area contributed by atoms with Crippen molar-refractivity contribution in [1.29, 1.82) is 0 Å². The molecule has 5 fully saturated rings. The molecule has 8 nitrogen and oxygen atoms in total. The van der Waals surface area contributed by atoms with E-state index in [1.165, 1.54) is 57.8 Å². The number of ether oxygens (including phenoxy) is 1. The summed E-state index contributed by atoms with van der Waals surface area (Å²) in [6.07, 6.45) is 14.1. The fourth-order valence-corrected chi connectivity index (χ4v) is 9.08. The summed E-state index contributed by atoms with van der Waals surface area (Å²) in [5, 5.41) is 0. The van der Waals surface area contributed by atoms with Crippen LogP contribution in [0.5, 0.6) is 0 Å². The third kappa shape index (κ3) is 5.33. The lowest BCUT2D eigenvalue weighted by molar-refractivity contribution is 0.0282. The standard InChI is InChI=1S/C34H49N5O3/c1-34(2,3)42-33(41)37-21-23-19-36(20-24(23)22-37)31-32(40)39(30-14-10-9-13-29(30)35-31)28-17-26-15-16-27(18-28)38(26)25-11-7-5-4-6-8-12-25/h9-10,13-14,23-28H,4-8,11-12,15-22H2,1-3H3/t23?,24?,26-,27+,28?. The number of para-hydroxylation sites is 2. The second kappa shape index (κ2) is 11.1. The zero-order valence-corrected chi connectivity index (χ0v) is 25.8. The molecule has 1 aromatic heterocycles. The van der Waals surface area contributed by atoms with Gasteiger partial charge in [-0.05, 0) is 71.4 Å². The number of piperidine rings is 1. The van der Waals surface area contributed by atoms with Crippen LogP contribution in [0.25, 0.3) is 11.0 Å². The molecular weight excluding hydrogens is 526 g/mol. The Morgan fingerprint density at radius 1 is 0.810 bits per heavy atom. The smallest absolute Gasteiger partial charge is 0.410 e. The Labute approximate surface area is 250 Å². The minimum Gasteiger partial charge on any atom is -0.444 e. The van der Waals surface area contributed by atoms with Gasteiger partial charge in [0.05, 0.1) is 11.0 Å². The van der Waals surface area contributed by atoms with Crippen molar-refractivity contribution in [2.45, 2.75) is 121 Å². The molecule has 1 amide bonds. The van der Waals surface area contributed by atoms with Crippen LogP contribution in [0.4, 0.5) is 10.6 Å². The monoisotopic (exact) mass is 575 g/mol. The molecule has 228 valence electrons. The number of fused-ring (bicyclic) bond motifs is 4. The summed E-state index contributed by atoms with van der Waals surface area (Å²) in [5.74, 6) is 1.27. The maximum atomic E-state index is 14.4. The third-order valence-electron chi connectivity index (χ3n) is 10.8. The van der Waals surface area contributed by atoms with E-state index < -0.39 is 5.60 Å². The fraction of sp³-hybridized carbons (Fsp3) is 0.735. The van der Waals surface area contributed by atoms with E-state index in [0.29, 0.717) is 42.8 Å². The summed E-state index contributed by atoms with van der Waals surface area (Å²) < 4.78 is 7.77. The molecule has 3 unspecified atom stereocenters. The first-order valence-corrected chi connectivity index (χ1v) is 16.8. The summed E-state index contributed by atoms with van der Waals surface area (Å²) in [6.45, 7) is 8.61. The maximum Gasteiger partial charge on any atom is 0.410 e. The normalized spacial score (nSPS) is 30.9. The number of nitrogens with zero attached hydrogens (tertiary/aromatic N) is 5. The largest absolute Gasteiger partial charge is 0.444 e. The zero-order chi connectivity index (χ0) is 29.0. The van der Waals surface area contributed by atoms with Crippen molar-refractivity contribution >= 4 is 22.9 Å². The highest BCUT2D eigenvalue weighted by Crippen LogP contribution is 2.44. The van der Waals surface area contributed by atoms with E-state index in [-0.39, 0.29) is 17.7 Å². The van der Waals surface area contributed by atoms with E-state index in [2.05, 4.69) is 26.5 Å². The topological polar surface area (TPSA) is 70.9 Å². The Hall–Kier alpha value is -2.61. The molecule has 42 heavy (non-hydrogen) atoms. The maximum absolute atomic E-state index is 14.4. The van der Waals surface area contributed by atoms with Gasteiger partial charge in [-0.2, -0.15) is 0 Å². The second-order valence-electron chi connectivity index (χ2n) is 14.9. The van der Waals surface area contributed by atoms with Crippen LogP contribution >= 0.6 is 0 Å². The Balaban J connectivity index is 1.12. The van der Waals surface area contributed by atoms with Gasteiger partial charge >= 0.3 is 6.09 Å². The molecule has 2 bridgehead atoms. The number of benzene rings is 1. The van der Waals surface area contributed by atoms with Gasteiger partial charge in [0.25, 0.3) is 5.56 Å². The number of anilines is 1. The van der Waals surface area contributed by atoms with Crippen LogP contribution in [-0.4, -0.2) is 75.3 Å². The van der Waals surface area contributed by atoms with E-state index in [1.54, 1.807) is 0 Å². The molecule has 1 aliphatic carbocycles. The van der Waals surface area contributed by atoms with E-state index in [4.69, 9.17) is 9.72 Å². The Bertz CT molecular complexity index is 1330. The number of aromatic nitrogens is 2. The van der Waals surface area contributed by atoms with Gasteiger partial charge in [0.2, 0.25) is 0 Å². The number of hydrogen-bond acceptors (Lipinski definition) is 6. The minimum absolute atomic E-state index is 0.0708. The summed E-state index contributed by atoms with van der Waals surface area (Å²) >= 11 is 0. The van der Waals surface area contributed by atoms with Gasteiger partial charge in [0.1, 0.15) is 5.60 Å². The molecule has 7 rings (SSSR count). The van der Waals surface area contributed by atoms with Crippen LogP contribution in [-0.2, 0) is 4.74 Å². The van der Waals surface area contributed by atoms with E-state index >= 15 is 0 Å². The van der Waals surface area contributed by atoms with Gasteiger partial charge in [-0.3, -0.25) is 9.69 Å². The van der Waals surface area contributed by atoms with Crippen LogP contribution in [0.1, 0.15) is 97.4 Å². The first kappa shape index (κ1) is 28.2. The number of likely N-dealkylation sites (tertiary alicyclic amines) is 1. The lowest BCUT2D eigenvalue weighted by atomic mass is 9.89. The molecule has 1 saturated carbocycles. The second-order valence-corrected chi connectivity index (χ2v) is 14.9. The van der Waals surface area contributed by atoms with Crippen molar-refractivity contribution < 1.29 is 9.53 Å². The van der Waals surface area contributed by atoms with Gasteiger partial charge in [-0.25, -0.2) is 9.78 Å². The molecule has 4 saturated heterocycles. The van der Waals surface area contributed by atoms with E-state index in [1.807, 2.05) is 37.8 Å². The number of rotatable bonds is 3. The van der Waals surface area contributed by atoms with Crippen LogP contribution in [0.15, 0.2) is 29.1 Å². The SMILES string of the molecule is CC(C)(C)OC(=O)N1CC2CN(c3nc4ccccc4n(C4C[C@H]5CC[C@@H](C4)N5C4CCCCCCC4)c3=O)CC2C1. The zero-order valence-electron chi connectivity index (χ0n) is 25.8. The molecule has 1 aromatic carbocycles. The van der Waals surface area contributed by atoms with Crippen molar-refractivity contribution in [2.24, 2.45) is 11.8 Å². The molecule has 4 aliphatic heterocycles. The first-order valence-electron chi connectivity index (χ1n) is 16.8. The summed E-state index contributed by atoms with van der Waals surface area (Å²) in [5.41, 5.74) is 1.47. The van der Waals surface area contributed by atoms with Crippen LogP contribution < -0.4 is 10.5 Å². The Morgan fingerprint density at radius 2 is 1.43 bits per heavy atom. The molecule has 5 aliphatic rings. The predicted molar refractivity (Wildman–Crippen MR) is 166 cm³/mol. The molecule has 5 atom stereocenters. The van der Waals surface area contributed by atoms with Crippen molar-refractivity contribution in [3.8, 4) is 0 Å². The highest BCUT2D eigenvalue weighted by molar-refractivity contribution is 5.76. The van der Waals surface area contributed by atoms with Gasteiger partial charge in [-0.15, -0.1) is 0 Å². The number of carbonyl (C=O) groups is 1. The minimum atomic E-state index is -0.494. The highest BCUT2D eigenvalue weighted by Gasteiger charge is 2.46. The summed E-state index contributed by atoms with van der Waals surface area (Å²) in [7, 11) is 0. The molecule has 0 radical (unpaired) electrons. The lowest BCUT2D eigenvalue weighted by Gasteiger charge is -2.45. The van der Waals surface area contributed by atoms with Crippen molar-refractivity contribution in [3.05, 3.63) is 34.6 Å². The van der Waals surface area contributed by atoms with Crippen LogP contribution in [0.2, 0.25) is 0 Å². The summed E-state index contributed by atoms with van der Waals surface area (Å²) in [6, 6.07) is 10.4. The number of amides is 1. The Kier molecular flexibility index (Phi) is 7.48. The average molecular weight is 576 g/mol. The lowest BCUT2D eigenvalue weighted by Crippen LogP contribution is -2.50. The van der Waals surface area contributed by atoms with E-state index in [9.17, 15) is 9.59 Å². The average Bonchev–Trinajstić information content (AvgIpc) is 3.57. The first-order chi connectivity index (χ1) is 20.2. The molecular formula is C34H49N5O3. The van der Waals surface area contributed by atoms with Crippen molar-refractivity contribution in [3.63, 3.8) is 0 Å². The molecule has 2 aromatic rings. The van der Waals surface area contributed by atoms with Crippen molar-refractivity contribution in [2.75, 3.05) is 31.1 Å². The molecule has 0 N–H and O–H groups in total. The van der Waals surface area contributed by atoms with Crippen molar-refractivity contribution in [1.82, 2.24) is 19.4 Å². The predicted octanol–water partition coefficient (Wildman–Crippen LogP) is 5.98. The molecule has 0 spiro atoms. The molecule has 8 heteroatoms. The molecule has 5 heterocycles. The van der Waals surface area contributed by atoms with Crippen LogP contribution in [0.3, 0.4) is 0 Å². The fourth-order valence-electron chi connectivity index (χ4n) is 9.08. The van der Waals surface area contributed by atoms with Gasteiger partial charge in [0, 0.05) is 62.2 Å². The van der Waals surface area contributed by atoms with Gasteiger partial charge < -0.3 is 19.1 Å². The number of carbonyl (C=O) groups excluding carboxylic acids is 1. The van der Waals surface area contributed by atoms with Gasteiger partial charge in [-0.1, -0.05) is 44.2 Å². The summed E-state index contributed by atoms with van der Waals surface area (Å²) in [4.78, 5) is 39.0. The third-order valence-corrected chi connectivity index (χ3v) is 10.8. The quantitative estimate of drug-likeness (QED) is 0.449. The highest BCUT2D eigenvalue weighted by atomic mass is 16.6. The Morgan fingerprint density at radius 3 is 2.07 bits per heavy atom. The van der Waals surface area contributed by atoms with Crippen LogP contribution in [0, 0.1) is 11.8 Å². The van der Waals surface area contributed by atoms with E-state index in [0.717, 1.165) is 43.0 Å². The number of hydrogen-bond donors (Lipinski definition) is 0.